The molecule has 0 heterocycles. The molecule has 0 spiro atoms. The lowest BCUT2D eigenvalue weighted by Crippen LogP contribution is -1.98. The van der Waals surface area contributed by atoms with E-state index in [9.17, 15) is 4.79 Å². The lowest BCUT2D eigenvalue weighted by molar-refractivity contribution is 0.0768. The first-order chi connectivity index (χ1) is 8.79. The molecule has 0 atom stereocenters. The van der Waals surface area contributed by atoms with Crippen LogP contribution in [0.15, 0.2) is 59.5 Å². The van der Waals surface area contributed by atoms with Crippen LogP contribution in [-0.4, -0.2) is 5.97 Å². The summed E-state index contributed by atoms with van der Waals surface area (Å²) in [5.74, 6) is -0.384. The zero-order chi connectivity index (χ0) is 12.8. The molecular weight excluding hydrogens is 246 g/mol. The van der Waals surface area contributed by atoms with E-state index in [0.717, 1.165) is 16.9 Å². The largest absolute Gasteiger partial charge is 0.382 e. The molecule has 0 N–H and O–H groups in total. The van der Waals surface area contributed by atoms with E-state index in [4.69, 9.17) is 9.44 Å². The van der Waals surface area contributed by atoms with Crippen LogP contribution in [0.1, 0.15) is 15.9 Å². The van der Waals surface area contributed by atoms with Gasteiger partial charge in [-0.1, -0.05) is 18.2 Å². The van der Waals surface area contributed by atoms with E-state index in [-0.39, 0.29) is 5.97 Å². The number of carbonyl (C=O) groups excluding carboxylic acids is 1. The van der Waals surface area contributed by atoms with E-state index in [2.05, 4.69) is 0 Å². The Hall–Kier alpha value is -2.25. The molecule has 18 heavy (non-hydrogen) atoms. The number of carbonyl (C=O) groups is 1. The van der Waals surface area contributed by atoms with Crippen molar-refractivity contribution in [3.8, 4) is 6.07 Å². The van der Waals surface area contributed by atoms with Crippen LogP contribution >= 0.6 is 12.0 Å². The van der Waals surface area contributed by atoms with Crippen LogP contribution in [0.4, 0.5) is 0 Å². The minimum Gasteiger partial charge on any atom is -0.382 e. The summed E-state index contributed by atoms with van der Waals surface area (Å²) in [6.45, 7) is 0. The molecule has 4 heteroatoms. The maximum Gasteiger partial charge on any atom is 0.350 e. The van der Waals surface area contributed by atoms with Crippen LogP contribution in [-0.2, 0) is 4.18 Å². The van der Waals surface area contributed by atoms with Gasteiger partial charge in [-0.3, -0.25) is 0 Å². The van der Waals surface area contributed by atoms with E-state index < -0.39 is 0 Å². The Labute approximate surface area is 109 Å². The molecule has 2 aromatic rings. The van der Waals surface area contributed by atoms with Crippen LogP contribution in [0.2, 0.25) is 0 Å². The first kappa shape index (κ1) is 12.2. The van der Waals surface area contributed by atoms with Crippen LogP contribution < -0.4 is 0 Å². The average molecular weight is 255 g/mol. The fourth-order valence-electron chi connectivity index (χ4n) is 1.29. The van der Waals surface area contributed by atoms with Crippen molar-refractivity contribution in [3.05, 3.63) is 65.7 Å². The van der Waals surface area contributed by atoms with Gasteiger partial charge in [0.2, 0.25) is 0 Å². The third-order valence-electron chi connectivity index (χ3n) is 2.21. The summed E-state index contributed by atoms with van der Waals surface area (Å²) in [7, 11) is 0. The van der Waals surface area contributed by atoms with E-state index in [1.54, 1.807) is 48.5 Å². The minimum atomic E-state index is -0.384. The summed E-state index contributed by atoms with van der Waals surface area (Å²) in [5, 5.41) is 8.65. The molecule has 0 aliphatic rings. The number of hydrogen-bond donors (Lipinski definition) is 0. The second-order valence-electron chi connectivity index (χ2n) is 3.46. The van der Waals surface area contributed by atoms with Crippen molar-refractivity contribution in [2.75, 3.05) is 0 Å². The molecule has 0 unspecified atom stereocenters. The highest BCUT2D eigenvalue weighted by atomic mass is 32.2. The predicted molar refractivity (Wildman–Crippen MR) is 68.9 cm³/mol. The van der Waals surface area contributed by atoms with Gasteiger partial charge in [-0.2, -0.15) is 5.26 Å². The molecule has 0 aliphatic heterocycles. The molecule has 0 fully saturated rings. The highest BCUT2D eigenvalue weighted by Crippen LogP contribution is 2.21. The first-order valence-electron chi connectivity index (χ1n) is 5.23. The molecule has 88 valence electrons. The molecule has 0 amide bonds. The summed E-state index contributed by atoms with van der Waals surface area (Å²) in [6, 6.07) is 17.7. The fraction of sp³-hybridized carbons (Fsp3) is 0. The minimum absolute atomic E-state index is 0.384. The van der Waals surface area contributed by atoms with Gasteiger partial charge in [0, 0.05) is 4.90 Å². The van der Waals surface area contributed by atoms with Crippen molar-refractivity contribution < 1.29 is 8.98 Å². The topological polar surface area (TPSA) is 50.1 Å². The summed E-state index contributed by atoms with van der Waals surface area (Å²) in [5.41, 5.74) is 1.09. The summed E-state index contributed by atoms with van der Waals surface area (Å²) in [6.07, 6.45) is 0. The van der Waals surface area contributed by atoms with E-state index in [1.807, 2.05) is 12.1 Å². The van der Waals surface area contributed by atoms with Gasteiger partial charge in [0.1, 0.15) is 0 Å². The highest BCUT2D eigenvalue weighted by Gasteiger charge is 2.07. The van der Waals surface area contributed by atoms with Gasteiger partial charge >= 0.3 is 5.97 Å². The van der Waals surface area contributed by atoms with Crippen LogP contribution in [0.3, 0.4) is 0 Å². The molecule has 0 saturated heterocycles. The highest BCUT2D eigenvalue weighted by molar-refractivity contribution is 7.95. The van der Waals surface area contributed by atoms with E-state index in [1.165, 1.54) is 0 Å². The Bertz CT molecular complexity index is 573. The second kappa shape index (κ2) is 5.89. The van der Waals surface area contributed by atoms with Gasteiger partial charge in [-0.05, 0) is 36.4 Å². The molecule has 3 nitrogen and oxygen atoms in total. The van der Waals surface area contributed by atoms with Gasteiger partial charge in [0.15, 0.2) is 0 Å². The van der Waals surface area contributed by atoms with Gasteiger partial charge in [0.05, 0.1) is 29.2 Å². The van der Waals surface area contributed by atoms with Crippen molar-refractivity contribution in [3.63, 3.8) is 0 Å². The number of hydrogen-bond acceptors (Lipinski definition) is 4. The maximum atomic E-state index is 11.6. The summed E-state index contributed by atoms with van der Waals surface area (Å²) >= 11 is 0.984. The number of nitriles is 1. The van der Waals surface area contributed by atoms with Gasteiger partial charge in [0.25, 0.3) is 0 Å². The number of benzene rings is 2. The smallest absolute Gasteiger partial charge is 0.350 e. The monoisotopic (exact) mass is 255 g/mol. The molecule has 0 bridgehead atoms. The Morgan fingerprint density at radius 2 is 1.72 bits per heavy atom. The van der Waals surface area contributed by atoms with Crippen LogP contribution in [0.25, 0.3) is 0 Å². The molecule has 0 aliphatic carbocycles. The molecule has 0 radical (unpaired) electrons. The lowest BCUT2D eigenvalue weighted by Gasteiger charge is -2.02. The third-order valence-corrected chi connectivity index (χ3v) is 2.91. The van der Waals surface area contributed by atoms with Crippen LogP contribution in [0.5, 0.6) is 0 Å². The van der Waals surface area contributed by atoms with Crippen LogP contribution in [0, 0.1) is 11.3 Å². The first-order valence-corrected chi connectivity index (χ1v) is 5.98. The van der Waals surface area contributed by atoms with Gasteiger partial charge in [-0.15, -0.1) is 0 Å². The molecule has 2 rings (SSSR count). The molecule has 0 aromatic heterocycles. The zero-order valence-corrected chi connectivity index (χ0v) is 10.2. The normalized spacial score (nSPS) is 9.50. The third kappa shape index (κ3) is 3.12. The average Bonchev–Trinajstić information content (AvgIpc) is 2.46. The van der Waals surface area contributed by atoms with Crippen molar-refractivity contribution in [1.29, 1.82) is 5.26 Å². The standard InChI is InChI=1S/C14H9NO2S/c15-10-11-6-8-13(9-7-11)18-17-14(16)12-4-2-1-3-5-12/h1-9H. The lowest BCUT2D eigenvalue weighted by atomic mass is 10.2. The summed E-state index contributed by atoms with van der Waals surface area (Å²) in [4.78, 5) is 12.4. The van der Waals surface area contributed by atoms with Crippen molar-refractivity contribution in [2.24, 2.45) is 0 Å². The van der Waals surface area contributed by atoms with Crippen molar-refractivity contribution in [2.45, 2.75) is 4.90 Å². The summed E-state index contributed by atoms with van der Waals surface area (Å²) < 4.78 is 5.08. The SMILES string of the molecule is N#Cc1ccc(SOC(=O)c2ccccc2)cc1. The Morgan fingerprint density at radius 1 is 1.06 bits per heavy atom. The fourth-order valence-corrected chi connectivity index (χ4v) is 1.81. The Morgan fingerprint density at radius 3 is 2.33 bits per heavy atom. The Kier molecular flexibility index (Phi) is 4.00. The number of nitrogens with zero attached hydrogens (tertiary/aromatic N) is 1. The van der Waals surface area contributed by atoms with E-state index in [0.29, 0.717) is 11.1 Å². The Balaban J connectivity index is 1.95. The number of rotatable bonds is 3. The molecule has 0 saturated carbocycles. The van der Waals surface area contributed by atoms with E-state index >= 15 is 0 Å². The zero-order valence-electron chi connectivity index (χ0n) is 9.37. The predicted octanol–water partition coefficient (Wildman–Crippen LogP) is 3.42. The second-order valence-corrected chi connectivity index (χ2v) is 4.26. The maximum absolute atomic E-state index is 11.6. The van der Waals surface area contributed by atoms with Gasteiger partial charge in [-0.25, -0.2) is 4.79 Å². The quantitative estimate of drug-likeness (QED) is 0.788. The van der Waals surface area contributed by atoms with Crippen molar-refractivity contribution in [1.82, 2.24) is 0 Å². The van der Waals surface area contributed by atoms with Crippen molar-refractivity contribution >= 4 is 18.0 Å². The van der Waals surface area contributed by atoms with Gasteiger partial charge < -0.3 is 4.18 Å². The molecular formula is C14H9NO2S. The molecule has 2 aromatic carbocycles.